The third kappa shape index (κ3) is 3.70. The van der Waals surface area contributed by atoms with Gasteiger partial charge in [-0.3, -0.25) is 4.98 Å². The average Bonchev–Trinajstić information content (AvgIpc) is 3.28. The van der Waals surface area contributed by atoms with Crippen molar-refractivity contribution in [1.29, 1.82) is 0 Å². The summed E-state index contributed by atoms with van der Waals surface area (Å²) in [5.74, 6) is 0. The van der Waals surface area contributed by atoms with Gasteiger partial charge in [0.15, 0.2) is 0 Å². The summed E-state index contributed by atoms with van der Waals surface area (Å²) in [6.45, 7) is 6.68. The molecule has 0 radical (unpaired) electrons. The van der Waals surface area contributed by atoms with Gasteiger partial charge in [-0.25, -0.2) is 0 Å². The van der Waals surface area contributed by atoms with Gasteiger partial charge in [-0.15, -0.1) is 0 Å². The Hall–Kier alpha value is -3.27. The Bertz CT molecular complexity index is 1070. The van der Waals surface area contributed by atoms with E-state index in [1.54, 1.807) is 0 Å². The van der Waals surface area contributed by atoms with Crippen molar-refractivity contribution in [2.24, 2.45) is 0 Å². The molecule has 0 amide bonds. The second-order valence-corrected chi connectivity index (χ2v) is 7.17. The van der Waals surface area contributed by atoms with Crippen molar-refractivity contribution in [3.05, 3.63) is 77.6 Å². The van der Waals surface area contributed by atoms with Gasteiger partial charge < -0.3 is 0 Å². The molecule has 0 atom stereocenters. The van der Waals surface area contributed by atoms with Crippen LogP contribution in [0.2, 0.25) is 0 Å². The Morgan fingerprint density at radius 1 is 0.621 bits per heavy atom. The molecule has 4 heteroatoms. The fourth-order valence-electron chi connectivity index (χ4n) is 4.02. The standard InChI is InChI=1S/C25H26N4/c1-4-17-15-22(16-18(5-2)23(17)6-3)25-24(27-29-28-25)21-9-7-19(8-10-21)20-11-13-26-14-12-20/h7-16H,4-6H2,1-3H3,(H,27,28,29). The molecular weight excluding hydrogens is 356 g/mol. The number of benzene rings is 2. The van der Waals surface area contributed by atoms with Crippen LogP contribution >= 0.6 is 0 Å². The van der Waals surface area contributed by atoms with E-state index in [4.69, 9.17) is 0 Å². The van der Waals surface area contributed by atoms with Crippen molar-refractivity contribution in [2.75, 3.05) is 0 Å². The summed E-state index contributed by atoms with van der Waals surface area (Å²) >= 11 is 0. The first-order chi connectivity index (χ1) is 14.2. The summed E-state index contributed by atoms with van der Waals surface area (Å²) in [4.78, 5) is 4.09. The molecule has 0 aliphatic heterocycles. The molecule has 0 bridgehead atoms. The zero-order valence-electron chi connectivity index (χ0n) is 17.2. The van der Waals surface area contributed by atoms with Crippen molar-refractivity contribution in [3.8, 4) is 33.6 Å². The Balaban J connectivity index is 1.74. The highest BCUT2D eigenvalue weighted by atomic mass is 15.3. The number of nitrogens with one attached hydrogen (secondary N) is 1. The van der Waals surface area contributed by atoms with E-state index >= 15 is 0 Å². The van der Waals surface area contributed by atoms with Crippen LogP contribution in [-0.4, -0.2) is 20.4 Å². The Labute approximate surface area is 172 Å². The van der Waals surface area contributed by atoms with Crippen molar-refractivity contribution in [1.82, 2.24) is 20.4 Å². The van der Waals surface area contributed by atoms with Crippen molar-refractivity contribution < 1.29 is 0 Å². The number of hydrogen-bond donors (Lipinski definition) is 1. The SMILES string of the molecule is CCc1cc(-c2n[nH]nc2-c2ccc(-c3ccncc3)cc2)cc(CC)c1CC. The molecule has 0 unspecified atom stereocenters. The van der Waals surface area contributed by atoms with E-state index < -0.39 is 0 Å². The molecule has 0 saturated carbocycles. The van der Waals surface area contributed by atoms with E-state index in [0.29, 0.717) is 0 Å². The van der Waals surface area contributed by atoms with Gasteiger partial charge in [-0.05, 0) is 71.3 Å². The summed E-state index contributed by atoms with van der Waals surface area (Å²) in [6, 6.07) is 17.1. The molecule has 4 rings (SSSR count). The van der Waals surface area contributed by atoms with Gasteiger partial charge in [0.2, 0.25) is 0 Å². The van der Waals surface area contributed by atoms with Crippen LogP contribution in [0.4, 0.5) is 0 Å². The van der Waals surface area contributed by atoms with Gasteiger partial charge in [0.25, 0.3) is 0 Å². The first-order valence-corrected chi connectivity index (χ1v) is 10.3. The van der Waals surface area contributed by atoms with Crippen molar-refractivity contribution in [2.45, 2.75) is 40.0 Å². The van der Waals surface area contributed by atoms with E-state index in [2.05, 4.69) is 77.6 Å². The third-order valence-electron chi connectivity index (χ3n) is 5.54. The largest absolute Gasteiger partial charge is 0.265 e. The molecule has 0 saturated heterocycles. The Morgan fingerprint density at radius 2 is 1.14 bits per heavy atom. The number of nitrogens with zero attached hydrogens (tertiary/aromatic N) is 3. The molecule has 0 fully saturated rings. The highest BCUT2D eigenvalue weighted by Crippen LogP contribution is 2.32. The van der Waals surface area contributed by atoms with Crippen LogP contribution in [-0.2, 0) is 19.3 Å². The van der Waals surface area contributed by atoms with E-state index in [1.807, 2.05) is 24.5 Å². The summed E-state index contributed by atoms with van der Waals surface area (Å²) in [7, 11) is 0. The fourth-order valence-corrected chi connectivity index (χ4v) is 4.02. The minimum Gasteiger partial charge on any atom is -0.265 e. The summed E-state index contributed by atoms with van der Waals surface area (Å²) < 4.78 is 0. The minimum absolute atomic E-state index is 0.889. The lowest BCUT2D eigenvalue weighted by Gasteiger charge is -2.14. The van der Waals surface area contributed by atoms with E-state index in [-0.39, 0.29) is 0 Å². The number of aryl methyl sites for hydroxylation is 2. The van der Waals surface area contributed by atoms with Gasteiger partial charge in [-0.2, -0.15) is 15.4 Å². The lowest BCUT2D eigenvalue weighted by Crippen LogP contribution is -1.99. The second-order valence-electron chi connectivity index (χ2n) is 7.17. The predicted octanol–water partition coefficient (Wildman–Crippen LogP) is 5.89. The van der Waals surface area contributed by atoms with Crippen LogP contribution in [0.3, 0.4) is 0 Å². The Morgan fingerprint density at radius 3 is 1.69 bits per heavy atom. The van der Waals surface area contributed by atoms with Gasteiger partial charge in [0.05, 0.1) is 0 Å². The maximum atomic E-state index is 4.51. The number of rotatable bonds is 6. The first-order valence-electron chi connectivity index (χ1n) is 10.3. The molecule has 29 heavy (non-hydrogen) atoms. The topological polar surface area (TPSA) is 54.5 Å². The summed E-state index contributed by atoms with van der Waals surface area (Å²) in [6.07, 6.45) is 6.75. The number of aromatic amines is 1. The van der Waals surface area contributed by atoms with Crippen LogP contribution in [0.1, 0.15) is 37.5 Å². The monoisotopic (exact) mass is 382 g/mol. The zero-order valence-corrected chi connectivity index (χ0v) is 17.2. The molecule has 2 aromatic heterocycles. The highest BCUT2D eigenvalue weighted by molar-refractivity contribution is 5.79. The second kappa shape index (κ2) is 8.39. The van der Waals surface area contributed by atoms with E-state index in [1.165, 1.54) is 16.7 Å². The average molecular weight is 383 g/mol. The molecule has 1 N–H and O–H groups in total. The van der Waals surface area contributed by atoms with E-state index in [9.17, 15) is 0 Å². The molecule has 2 aromatic carbocycles. The fraction of sp³-hybridized carbons (Fsp3) is 0.240. The number of aromatic nitrogens is 4. The Kier molecular flexibility index (Phi) is 5.52. The van der Waals surface area contributed by atoms with Crippen molar-refractivity contribution >= 4 is 0 Å². The highest BCUT2D eigenvalue weighted by Gasteiger charge is 2.16. The molecule has 0 spiro atoms. The van der Waals surface area contributed by atoms with Gasteiger partial charge in [0, 0.05) is 23.5 Å². The number of H-pyrrole nitrogens is 1. The smallest absolute Gasteiger partial charge is 0.120 e. The molecule has 146 valence electrons. The molecule has 4 aromatic rings. The van der Waals surface area contributed by atoms with Crippen LogP contribution in [0, 0.1) is 0 Å². The molecular formula is C25H26N4. The molecule has 0 aliphatic rings. The number of pyridine rings is 1. The normalized spacial score (nSPS) is 11.0. The zero-order chi connectivity index (χ0) is 20.2. The summed E-state index contributed by atoms with van der Waals surface area (Å²) in [5.41, 5.74) is 10.6. The molecule has 2 heterocycles. The minimum atomic E-state index is 0.889. The maximum Gasteiger partial charge on any atom is 0.120 e. The predicted molar refractivity (Wildman–Crippen MR) is 119 cm³/mol. The number of hydrogen-bond acceptors (Lipinski definition) is 3. The molecule has 0 aliphatic carbocycles. The lowest BCUT2D eigenvalue weighted by molar-refractivity contribution is 0.942. The first kappa shape index (κ1) is 19.1. The van der Waals surface area contributed by atoms with Gasteiger partial charge in [0.1, 0.15) is 11.4 Å². The van der Waals surface area contributed by atoms with Crippen LogP contribution < -0.4 is 0 Å². The van der Waals surface area contributed by atoms with Crippen LogP contribution in [0.5, 0.6) is 0 Å². The lowest BCUT2D eigenvalue weighted by atomic mass is 9.91. The van der Waals surface area contributed by atoms with Gasteiger partial charge in [-0.1, -0.05) is 45.0 Å². The van der Waals surface area contributed by atoms with Crippen LogP contribution in [0.25, 0.3) is 33.6 Å². The molecule has 4 nitrogen and oxygen atoms in total. The summed E-state index contributed by atoms with van der Waals surface area (Å²) in [5, 5.41) is 11.8. The maximum absolute atomic E-state index is 4.51. The van der Waals surface area contributed by atoms with E-state index in [0.717, 1.165) is 52.9 Å². The van der Waals surface area contributed by atoms with Gasteiger partial charge >= 0.3 is 0 Å². The quantitative estimate of drug-likeness (QED) is 0.452. The van der Waals surface area contributed by atoms with Crippen LogP contribution in [0.15, 0.2) is 60.9 Å². The van der Waals surface area contributed by atoms with Crippen molar-refractivity contribution in [3.63, 3.8) is 0 Å². The third-order valence-corrected chi connectivity index (χ3v) is 5.54.